The maximum absolute atomic E-state index is 13.6. The average molecular weight is 593 g/mol. The first-order valence-corrected chi connectivity index (χ1v) is 15.0. The van der Waals surface area contributed by atoms with E-state index in [2.05, 4.69) is 41.6 Å². The Hall–Kier alpha value is -3.46. The number of piperidine rings is 1. The van der Waals surface area contributed by atoms with Crippen molar-refractivity contribution in [3.05, 3.63) is 88.2 Å². The highest BCUT2D eigenvalue weighted by Gasteiger charge is 2.43. The van der Waals surface area contributed by atoms with Gasteiger partial charge in [0.1, 0.15) is 0 Å². The van der Waals surface area contributed by atoms with E-state index in [0.717, 1.165) is 29.7 Å². The number of carbonyl (C=O) groups excluding carboxylic acids is 1. The molecule has 2 aromatic carbocycles. The molecule has 0 spiro atoms. The third-order valence-electron chi connectivity index (χ3n) is 8.18. The highest BCUT2D eigenvalue weighted by atomic mass is 35.5. The molecule has 2 atom stereocenters. The number of nitrogens with zero attached hydrogens (tertiary/aromatic N) is 2. The van der Waals surface area contributed by atoms with Crippen LogP contribution in [0.1, 0.15) is 72.5 Å². The van der Waals surface area contributed by atoms with Crippen molar-refractivity contribution in [2.45, 2.75) is 57.6 Å². The third kappa shape index (κ3) is 7.30. The third-order valence-corrected chi connectivity index (χ3v) is 8.47. The number of amides is 2. The molecule has 42 heavy (non-hydrogen) atoms. The molecule has 2 amide bonds. The van der Waals surface area contributed by atoms with Crippen LogP contribution in [0.3, 0.4) is 0 Å². The number of carboxylic acid groups (broad SMARTS) is 1. The molecule has 1 aliphatic heterocycles. The lowest BCUT2D eigenvalue weighted by atomic mass is 9.72. The molecular weight excluding hydrogens is 552 g/mol. The number of aromatic nitrogens is 1. The van der Waals surface area contributed by atoms with Gasteiger partial charge in [0.15, 0.2) is 0 Å². The minimum Gasteiger partial charge on any atom is -0.465 e. The first-order valence-electron chi connectivity index (χ1n) is 14.6. The predicted octanol–water partition coefficient (Wildman–Crippen LogP) is 6.03. The van der Waals surface area contributed by atoms with E-state index < -0.39 is 11.7 Å². The van der Waals surface area contributed by atoms with Gasteiger partial charge in [0.25, 0.3) is 5.91 Å². The van der Waals surface area contributed by atoms with E-state index in [9.17, 15) is 14.7 Å². The van der Waals surface area contributed by atoms with Gasteiger partial charge in [0.2, 0.25) is 0 Å². The summed E-state index contributed by atoms with van der Waals surface area (Å²) in [6.07, 6.45) is 4.26. The molecule has 9 heteroatoms. The number of nitrogens with one attached hydrogen (secondary N) is 2. The second kappa shape index (κ2) is 14.1. The minimum atomic E-state index is -1.41. The fraction of sp³-hybridized carbons (Fsp3) is 0.424. The van der Waals surface area contributed by atoms with Gasteiger partial charge in [-0.3, -0.25) is 9.78 Å². The molecule has 2 heterocycles. The van der Waals surface area contributed by atoms with Crippen molar-refractivity contribution < 1.29 is 19.8 Å². The van der Waals surface area contributed by atoms with E-state index in [1.54, 1.807) is 12.4 Å². The van der Waals surface area contributed by atoms with Gasteiger partial charge < -0.3 is 25.7 Å². The second-order valence-electron chi connectivity index (χ2n) is 11.4. The predicted molar refractivity (Wildman–Crippen MR) is 166 cm³/mol. The summed E-state index contributed by atoms with van der Waals surface area (Å²) in [5.74, 6) is -0.0734. The fourth-order valence-electron chi connectivity index (χ4n) is 5.93. The monoisotopic (exact) mass is 592 g/mol. The Balaban J connectivity index is 1.71. The first kappa shape index (κ1) is 31.5. The van der Waals surface area contributed by atoms with Crippen LogP contribution in [0.15, 0.2) is 60.9 Å². The molecule has 0 saturated carbocycles. The number of pyridine rings is 1. The second-order valence-corrected chi connectivity index (χ2v) is 11.8. The van der Waals surface area contributed by atoms with Crippen LogP contribution in [0.4, 0.5) is 4.79 Å². The molecule has 1 saturated heterocycles. The molecule has 0 aliphatic carbocycles. The van der Waals surface area contributed by atoms with Crippen LogP contribution in [0.2, 0.25) is 5.02 Å². The molecule has 3 aromatic rings. The normalized spacial score (nSPS) is 16.7. The Morgan fingerprint density at radius 3 is 2.62 bits per heavy atom. The number of hydrogen-bond acceptors (Lipinski definition) is 5. The van der Waals surface area contributed by atoms with Crippen LogP contribution in [0.25, 0.3) is 11.1 Å². The standard InChI is InChI=1S/C33H41ClN4O4/c1-22(2)25-7-4-8-26(17-25)30-28(19-36-20-29(30)34)33(42,14-6-15-37-32(40)41)27-9-5-16-38(21-27)31(39)24-12-10-23(11-13-24)18-35-3/h4,7-8,10-13,17,19-20,22,27,35,37,42H,5-6,9,14-16,18,21H2,1-3H3,(H,40,41). The molecule has 1 fully saturated rings. The number of hydrogen-bond donors (Lipinski definition) is 4. The average Bonchev–Trinajstić information content (AvgIpc) is 2.99. The summed E-state index contributed by atoms with van der Waals surface area (Å²) in [6, 6.07) is 15.7. The zero-order valence-corrected chi connectivity index (χ0v) is 25.3. The van der Waals surface area contributed by atoms with Gasteiger partial charge in [-0.2, -0.15) is 0 Å². The zero-order valence-electron chi connectivity index (χ0n) is 24.6. The van der Waals surface area contributed by atoms with E-state index in [-0.39, 0.29) is 24.8 Å². The largest absolute Gasteiger partial charge is 0.465 e. The van der Waals surface area contributed by atoms with Crippen LogP contribution < -0.4 is 10.6 Å². The SMILES string of the molecule is CNCc1ccc(C(=O)N2CCCC(C(O)(CCCNC(=O)O)c3cncc(Cl)c3-c3cccc(C(C)C)c3)C2)cc1. The Labute approximate surface area is 253 Å². The van der Waals surface area contributed by atoms with Crippen molar-refractivity contribution in [1.82, 2.24) is 20.5 Å². The van der Waals surface area contributed by atoms with Gasteiger partial charge >= 0.3 is 6.09 Å². The van der Waals surface area contributed by atoms with Gasteiger partial charge in [-0.15, -0.1) is 0 Å². The molecule has 1 aromatic heterocycles. The topological polar surface area (TPSA) is 115 Å². The van der Waals surface area contributed by atoms with Crippen LogP contribution in [0.5, 0.6) is 0 Å². The van der Waals surface area contributed by atoms with Crippen LogP contribution in [-0.4, -0.2) is 58.8 Å². The van der Waals surface area contributed by atoms with E-state index in [0.29, 0.717) is 53.6 Å². The van der Waals surface area contributed by atoms with Crippen molar-refractivity contribution in [3.63, 3.8) is 0 Å². The Morgan fingerprint density at radius 1 is 1.17 bits per heavy atom. The summed E-state index contributed by atoms with van der Waals surface area (Å²) in [6.45, 7) is 6.13. The molecule has 2 unspecified atom stereocenters. The molecule has 4 rings (SSSR count). The minimum absolute atomic E-state index is 0.0697. The summed E-state index contributed by atoms with van der Waals surface area (Å²) in [5.41, 5.74) is 3.65. The molecular formula is C33H41ClN4O4. The quantitative estimate of drug-likeness (QED) is 0.202. The first-order chi connectivity index (χ1) is 20.1. The van der Waals surface area contributed by atoms with Crippen molar-refractivity contribution in [2.24, 2.45) is 5.92 Å². The number of likely N-dealkylation sites (tertiary alicyclic amines) is 1. The Bertz CT molecular complexity index is 1380. The lowest BCUT2D eigenvalue weighted by Crippen LogP contribution is -2.48. The van der Waals surface area contributed by atoms with Gasteiger partial charge in [0, 0.05) is 61.2 Å². The molecule has 0 radical (unpaired) electrons. The smallest absolute Gasteiger partial charge is 0.404 e. The zero-order chi connectivity index (χ0) is 30.3. The molecule has 4 N–H and O–H groups in total. The molecule has 224 valence electrons. The van der Waals surface area contributed by atoms with Crippen LogP contribution in [0, 0.1) is 5.92 Å². The number of carbonyl (C=O) groups is 2. The Kier molecular flexibility index (Phi) is 10.6. The van der Waals surface area contributed by atoms with Gasteiger partial charge in [-0.05, 0) is 67.5 Å². The van der Waals surface area contributed by atoms with Crippen molar-refractivity contribution in [2.75, 3.05) is 26.7 Å². The number of halogens is 1. The van der Waals surface area contributed by atoms with Gasteiger partial charge in [-0.25, -0.2) is 4.79 Å². The molecule has 8 nitrogen and oxygen atoms in total. The Morgan fingerprint density at radius 2 is 1.93 bits per heavy atom. The maximum atomic E-state index is 13.6. The van der Waals surface area contributed by atoms with Crippen molar-refractivity contribution in [1.29, 1.82) is 0 Å². The van der Waals surface area contributed by atoms with E-state index in [1.165, 1.54) is 0 Å². The van der Waals surface area contributed by atoms with Crippen LogP contribution in [-0.2, 0) is 12.1 Å². The van der Waals surface area contributed by atoms with E-state index in [4.69, 9.17) is 16.7 Å². The molecule has 1 aliphatic rings. The number of benzene rings is 2. The van der Waals surface area contributed by atoms with E-state index in [1.807, 2.05) is 48.3 Å². The van der Waals surface area contributed by atoms with Crippen LogP contribution >= 0.6 is 11.6 Å². The van der Waals surface area contributed by atoms with Crippen molar-refractivity contribution in [3.8, 4) is 11.1 Å². The summed E-state index contributed by atoms with van der Waals surface area (Å²) in [4.78, 5) is 30.9. The van der Waals surface area contributed by atoms with Gasteiger partial charge in [-0.1, -0.05) is 61.8 Å². The highest BCUT2D eigenvalue weighted by molar-refractivity contribution is 6.33. The lowest BCUT2D eigenvalue weighted by molar-refractivity contribution is -0.0565. The lowest BCUT2D eigenvalue weighted by Gasteiger charge is -2.43. The highest BCUT2D eigenvalue weighted by Crippen LogP contribution is 2.45. The number of rotatable bonds is 11. The summed E-state index contributed by atoms with van der Waals surface area (Å²) < 4.78 is 0. The van der Waals surface area contributed by atoms with E-state index >= 15 is 0 Å². The maximum Gasteiger partial charge on any atom is 0.404 e. The summed E-state index contributed by atoms with van der Waals surface area (Å²) in [7, 11) is 1.88. The number of aliphatic hydroxyl groups is 1. The summed E-state index contributed by atoms with van der Waals surface area (Å²) >= 11 is 6.81. The fourth-order valence-corrected chi connectivity index (χ4v) is 6.19. The van der Waals surface area contributed by atoms with Gasteiger partial charge in [0.05, 0.1) is 10.6 Å². The molecule has 0 bridgehead atoms. The van der Waals surface area contributed by atoms with Crippen molar-refractivity contribution >= 4 is 23.6 Å². The summed E-state index contributed by atoms with van der Waals surface area (Å²) in [5, 5.41) is 27.7.